The van der Waals surface area contributed by atoms with Crippen molar-refractivity contribution in [1.82, 2.24) is 0 Å². The van der Waals surface area contributed by atoms with Gasteiger partial charge in [-0.15, -0.1) is 0 Å². The quantitative estimate of drug-likeness (QED) is 0.0222. The number of phosphoric ester groups is 2. The Bertz CT molecular complexity index is 1920. The molecule has 0 bridgehead atoms. The lowest BCUT2D eigenvalue weighted by Gasteiger charge is -2.21. The number of rotatable bonds is 76. The molecule has 19 heteroatoms. The summed E-state index contributed by atoms with van der Waals surface area (Å²) in [6.45, 7) is 14.2. The van der Waals surface area contributed by atoms with Crippen molar-refractivity contribution < 1.29 is 80.2 Å². The Kier molecular flexibility index (Phi) is 66.8. The van der Waals surface area contributed by atoms with E-state index in [0.29, 0.717) is 31.6 Å². The molecule has 5 atom stereocenters. The number of aliphatic hydroxyl groups excluding tert-OH is 1. The van der Waals surface area contributed by atoms with Gasteiger partial charge in [0.1, 0.15) is 19.3 Å². The predicted molar refractivity (Wildman–Crippen MR) is 400 cm³/mol. The summed E-state index contributed by atoms with van der Waals surface area (Å²) in [5.41, 5.74) is 0. The maximum absolute atomic E-state index is 13.1. The summed E-state index contributed by atoms with van der Waals surface area (Å²) in [7, 11) is -9.92. The number of unbranched alkanes of at least 4 members (excludes halogenated alkanes) is 42. The van der Waals surface area contributed by atoms with Crippen molar-refractivity contribution in [2.24, 2.45) is 23.7 Å². The van der Waals surface area contributed by atoms with Crippen LogP contribution in [0.2, 0.25) is 0 Å². The third kappa shape index (κ3) is 72.4. The Morgan fingerprint density at radius 3 is 0.633 bits per heavy atom. The second kappa shape index (κ2) is 68.2. The molecule has 0 aromatic heterocycles. The molecule has 582 valence electrons. The fourth-order valence-electron chi connectivity index (χ4n) is 12.1. The molecule has 0 aromatic rings. The van der Waals surface area contributed by atoms with E-state index in [4.69, 9.17) is 37.0 Å². The lowest BCUT2D eigenvalue weighted by atomic mass is 10.0. The number of carbonyl (C=O) groups is 4. The second-order valence-corrected chi connectivity index (χ2v) is 33.3. The van der Waals surface area contributed by atoms with Crippen LogP contribution in [-0.2, 0) is 65.4 Å². The van der Waals surface area contributed by atoms with Crippen molar-refractivity contribution in [3.8, 4) is 0 Å². The molecule has 0 saturated carbocycles. The van der Waals surface area contributed by atoms with Gasteiger partial charge in [0, 0.05) is 25.7 Å². The summed E-state index contributed by atoms with van der Waals surface area (Å²) in [4.78, 5) is 72.9. The number of esters is 4. The fourth-order valence-corrected chi connectivity index (χ4v) is 13.7. The molecule has 0 saturated heterocycles. The van der Waals surface area contributed by atoms with Gasteiger partial charge < -0.3 is 33.8 Å². The molecule has 3 N–H and O–H groups in total. The Labute approximate surface area is 600 Å². The maximum atomic E-state index is 13.1. The molecule has 0 amide bonds. The van der Waals surface area contributed by atoms with Crippen molar-refractivity contribution in [2.75, 3.05) is 39.6 Å². The van der Waals surface area contributed by atoms with Crippen molar-refractivity contribution in [3.63, 3.8) is 0 Å². The lowest BCUT2D eigenvalue weighted by Crippen LogP contribution is -2.30. The summed E-state index contributed by atoms with van der Waals surface area (Å²) in [5, 5.41) is 10.6. The van der Waals surface area contributed by atoms with Crippen molar-refractivity contribution in [1.29, 1.82) is 0 Å². The first kappa shape index (κ1) is 96.1. The van der Waals surface area contributed by atoms with Crippen molar-refractivity contribution in [2.45, 2.75) is 420 Å². The highest BCUT2D eigenvalue weighted by molar-refractivity contribution is 7.47. The van der Waals surface area contributed by atoms with Crippen LogP contribution in [0.25, 0.3) is 0 Å². The number of aliphatic hydroxyl groups is 1. The Morgan fingerprint density at radius 2 is 0.429 bits per heavy atom. The first-order valence-electron chi connectivity index (χ1n) is 40.7. The number of hydrogen-bond acceptors (Lipinski definition) is 15. The van der Waals surface area contributed by atoms with Crippen LogP contribution in [-0.4, -0.2) is 96.7 Å². The van der Waals surface area contributed by atoms with Crippen LogP contribution in [0.3, 0.4) is 0 Å². The molecule has 17 nitrogen and oxygen atoms in total. The van der Waals surface area contributed by atoms with Gasteiger partial charge in [0.15, 0.2) is 12.2 Å². The molecule has 3 unspecified atom stereocenters. The monoisotopic (exact) mass is 1440 g/mol. The SMILES string of the molecule is CC(C)CCCCCCCCCCCCCCCCCCC(=O)O[C@H](COC(=O)CCCCCCCCCCCCCCCCC(C)C)COP(=O)(O)OCC(O)COP(=O)(O)OC[C@@H](COC(=O)CCCCCCCCCC(C)C)OC(=O)CCCCCCCCCCCC(C)C. The fraction of sp³-hybridized carbons (Fsp3) is 0.949. The molecular formula is C79H154O17P2. The molecule has 0 rings (SSSR count). The van der Waals surface area contributed by atoms with Gasteiger partial charge in [0.2, 0.25) is 0 Å². The zero-order chi connectivity index (χ0) is 72.4. The summed E-state index contributed by atoms with van der Waals surface area (Å²) >= 11 is 0. The average molecular weight is 1440 g/mol. The normalized spacial score (nSPS) is 14.1. The molecular weight excluding hydrogens is 1280 g/mol. The summed E-state index contributed by atoms with van der Waals surface area (Å²) in [5.74, 6) is 0.932. The Balaban J connectivity index is 5.24. The molecule has 0 radical (unpaired) electrons. The second-order valence-electron chi connectivity index (χ2n) is 30.4. The van der Waals surface area contributed by atoms with E-state index < -0.39 is 97.5 Å². The van der Waals surface area contributed by atoms with E-state index in [-0.39, 0.29) is 25.7 Å². The molecule has 0 heterocycles. The van der Waals surface area contributed by atoms with Crippen molar-refractivity contribution >= 4 is 39.5 Å². The van der Waals surface area contributed by atoms with Gasteiger partial charge in [-0.1, -0.05) is 351 Å². The first-order valence-corrected chi connectivity index (χ1v) is 43.7. The predicted octanol–water partition coefficient (Wildman–Crippen LogP) is 23.2. The molecule has 0 aliphatic heterocycles. The van der Waals surface area contributed by atoms with Gasteiger partial charge >= 0.3 is 39.5 Å². The third-order valence-corrected chi connectivity index (χ3v) is 20.2. The zero-order valence-corrected chi connectivity index (χ0v) is 66.2. The minimum atomic E-state index is -4.96. The number of phosphoric acid groups is 2. The highest BCUT2D eigenvalue weighted by Crippen LogP contribution is 2.45. The number of carbonyl (C=O) groups excluding carboxylic acids is 4. The molecule has 98 heavy (non-hydrogen) atoms. The molecule has 0 spiro atoms. The van der Waals surface area contributed by atoms with Gasteiger partial charge in [0.05, 0.1) is 26.4 Å². The third-order valence-electron chi connectivity index (χ3n) is 18.3. The molecule has 0 fully saturated rings. The van der Waals surface area contributed by atoms with Crippen LogP contribution >= 0.6 is 15.6 Å². The van der Waals surface area contributed by atoms with E-state index >= 15 is 0 Å². The van der Waals surface area contributed by atoms with Crippen LogP contribution in [0.1, 0.15) is 402 Å². The Hall–Kier alpha value is -1.94. The highest BCUT2D eigenvalue weighted by atomic mass is 31.2. The molecule has 0 aromatic carbocycles. The van der Waals surface area contributed by atoms with Crippen LogP contribution in [0.15, 0.2) is 0 Å². The zero-order valence-electron chi connectivity index (χ0n) is 64.4. The summed E-state index contributed by atoms with van der Waals surface area (Å²) in [6, 6.07) is 0. The first-order chi connectivity index (χ1) is 47.1. The minimum absolute atomic E-state index is 0.104. The van der Waals surface area contributed by atoms with E-state index in [1.165, 1.54) is 199 Å². The van der Waals surface area contributed by atoms with Crippen LogP contribution < -0.4 is 0 Å². The standard InChI is InChI=1S/C79H154O17P2/c1-69(2)55-47-39-31-24-19-15-11-9-10-12-18-22-28-36-45-53-61-78(83)95-74(65-89-76(81)59-51-43-35-27-21-17-14-13-16-20-25-32-40-48-56-70(3)4)67-93-97(85,86)91-63-73(80)64-92-98(87,88)94-68-75(66-90-77(82)60-52-44-38-30-34-42-50-58-72(7)8)96-79(84)62-54-46-37-29-23-26-33-41-49-57-71(5)6/h69-75,80H,9-68H2,1-8H3,(H,85,86)(H,87,88)/t73?,74-,75-/m1/s1. The molecule has 0 aliphatic carbocycles. The minimum Gasteiger partial charge on any atom is -0.462 e. The van der Waals surface area contributed by atoms with E-state index in [0.717, 1.165) is 114 Å². The molecule has 0 aliphatic rings. The van der Waals surface area contributed by atoms with Crippen molar-refractivity contribution in [3.05, 3.63) is 0 Å². The topological polar surface area (TPSA) is 237 Å². The summed E-state index contributed by atoms with van der Waals surface area (Å²) < 4.78 is 68.6. The van der Waals surface area contributed by atoms with Crippen LogP contribution in [0, 0.1) is 23.7 Å². The maximum Gasteiger partial charge on any atom is 0.472 e. The van der Waals surface area contributed by atoms with Crippen LogP contribution in [0.5, 0.6) is 0 Å². The Morgan fingerprint density at radius 1 is 0.255 bits per heavy atom. The van der Waals surface area contributed by atoms with Gasteiger partial charge in [-0.05, 0) is 49.4 Å². The van der Waals surface area contributed by atoms with E-state index in [2.05, 4.69) is 55.4 Å². The number of ether oxygens (including phenoxy) is 4. The lowest BCUT2D eigenvalue weighted by molar-refractivity contribution is -0.161. The summed E-state index contributed by atoms with van der Waals surface area (Å²) in [6.07, 6.45) is 54.3. The highest BCUT2D eigenvalue weighted by Gasteiger charge is 2.30. The number of hydrogen-bond donors (Lipinski definition) is 3. The van der Waals surface area contributed by atoms with E-state index in [9.17, 15) is 43.2 Å². The smallest absolute Gasteiger partial charge is 0.462 e. The van der Waals surface area contributed by atoms with Gasteiger partial charge in [-0.25, -0.2) is 9.13 Å². The average Bonchev–Trinajstić information content (AvgIpc) is 1.07. The van der Waals surface area contributed by atoms with Gasteiger partial charge in [-0.3, -0.25) is 37.3 Å². The van der Waals surface area contributed by atoms with Gasteiger partial charge in [-0.2, -0.15) is 0 Å². The van der Waals surface area contributed by atoms with E-state index in [1.54, 1.807) is 0 Å². The largest absolute Gasteiger partial charge is 0.472 e. The van der Waals surface area contributed by atoms with Gasteiger partial charge in [0.25, 0.3) is 0 Å². The van der Waals surface area contributed by atoms with Crippen LogP contribution in [0.4, 0.5) is 0 Å². The van der Waals surface area contributed by atoms with E-state index in [1.807, 2.05) is 0 Å².